The number of carbonyl (C=O) groups excluding carboxylic acids is 1. The molecule has 0 fully saturated rings. The number of hydrogen-bond donors (Lipinski definition) is 1. The van der Waals surface area contributed by atoms with Crippen LogP contribution < -0.4 is 5.32 Å². The summed E-state index contributed by atoms with van der Waals surface area (Å²) in [4.78, 5) is 11.1. The lowest BCUT2D eigenvalue weighted by atomic mass is 10.2. The molecule has 1 amide bonds. The van der Waals surface area contributed by atoms with E-state index in [1.54, 1.807) is 0 Å². The molecular formula is C19H16Cl2F6N4O5S. The van der Waals surface area contributed by atoms with Crippen LogP contribution in [0.1, 0.15) is 11.3 Å². The molecule has 1 unspecified atom stereocenters. The summed E-state index contributed by atoms with van der Waals surface area (Å²) in [5, 5.41) is 13.4. The predicted octanol–water partition coefficient (Wildman–Crippen LogP) is 4.32. The molecule has 1 aromatic carbocycles. The maximum atomic E-state index is 13.3. The van der Waals surface area contributed by atoms with Gasteiger partial charge in [-0.15, -0.1) is 18.3 Å². The van der Waals surface area contributed by atoms with Gasteiger partial charge >= 0.3 is 11.7 Å². The summed E-state index contributed by atoms with van der Waals surface area (Å²) in [6.45, 7) is -0.235. The molecule has 1 aromatic heterocycles. The van der Waals surface area contributed by atoms with Gasteiger partial charge in [-0.25, -0.2) is 4.68 Å². The van der Waals surface area contributed by atoms with Crippen LogP contribution in [0, 0.1) is 11.3 Å². The standard InChI is InChI=1S/C19H16Cl2F6N4O5S/c1-34-2-3-35-4-5-36-9-14(32)29-17-16(37(33)19(25,26)27)13(8-28)30-31(17)15-11(20)6-10(7-12(15)21)18(22,23)24/h6-7H,2-5,9H2,1H3,(H,29,32). The number of alkyl halides is 6. The summed E-state index contributed by atoms with van der Waals surface area (Å²) in [5.41, 5.74) is -8.35. The van der Waals surface area contributed by atoms with Crippen molar-refractivity contribution in [3.8, 4) is 11.8 Å². The first-order chi connectivity index (χ1) is 17.2. The van der Waals surface area contributed by atoms with Gasteiger partial charge in [0.25, 0.3) is 5.91 Å². The number of carbonyl (C=O) groups is 1. The Morgan fingerprint density at radius 1 is 1.14 bits per heavy atom. The minimum Gasteiger partial charge on any atom is -0.604 e. The van der Waals surface area contributed by atoms with Crippen molar-refractivity contribution in [1.29, 1.82) is 5.26 Å². The maximum absolute atomic E-state index is 13.3. The molecule has 0 radical (unpaired) electrons. The molecule has 37 heavy (non-hydrogen) atoms. The van der Waals surface area contributed by atoms with Crippen LogP contribution in [0.5, 0.6) is 0 Å². The average Bonchev–Trinajstić information content (AvgIpc) is 3.13. The molecule has 0 aliphatic rings. The van der Waals surface area contributed by atoms with E-state index < -0.39 is 73.1 Å². The van der Waals surface area contributed by atoms with Crippen molar-refractivity contribution < 1.29 is 49.9 Å². The van der Waals surface area contributed by atoms with E-state index in [0.717, 1.165) is 0 Å². The van der Waals surface area contributed by atoms with Gasteiger partial charge in [0.15, 0.2) is 5.82 Å². The molecule has 1 N–H and O–H groups in total. The highest BCUT2D eigenvalue weighted by Gasteiger charge is 2.51. The van der Waals surface area contributed by atoms with Crippen molar-refractivity contribution >= 4 is 46.1 Å². The normalized spacial score (nSPS) is 12.9. The van der Waals surface area contributed by atoms with Crippen LogP contribution in [0.4, 0.5) is 32.2 Å². The van der Waals surface area contributed by atoms with E-state index in [0.29, 0.717) is 23.4 Å². The molecule has 0 aliphatic carbocycles. The molecule has 0 aliphatic heterocycles. The number of hydrogen-bond acceptors (Lipinski definition) is 7. The Morgan fingerprint density at radius 3 is 2.22 bits per heavy atom. The van der Waals surface area contributed by atoms with Crippen LogP contribution in [0.25, 0.3) is 5.69 Å². The van der Waals surface area contributed by atoms with Gasteiger partial charge in [-0.3, -0.25) is 4.79 Å². The number of nitriles is 1. The summed E-state index contributed by atoms with van der Waals surface area (Å²) in [6, 6.07) is 2.13. The van der Waals surface area contributed by atoms with E-state index in [1.807, 2.05) is 5.32 Å². The molecular weight excluding hydrogens is 581 g/mol. The fourth-order valence-electron chi connectivity index (χ4n) is 2.67. The third-order valence-electron chi connectivity index (χ3n) is 4.19. The monoisotopic (exact) mass is 596 g/mol. The Balaban J connectivity index is 2.48. The number of aromatic nitrogens is 2. The minimum absolute atomic E-state index is 0.0489. The van der Waals surface area contributed by atoms with Crippen molar-refractivity contribution in [3.05, 3.63) is 33.4 Å². The highest BCUT2D eigenvalue weighted by Crippen LogP contribution is 2.42. The van der Waals surface area contributed by atoms with E-state index in [1.165, 1.54) is 13.2 Å². The van der Waals surface area contributed by atoms with Crippen LogP contribution in [0.15, 0.2) is 17.0 Å². The van der Waals surface area contributed by atoms with E-state index in [4.69, 9.17) is 37.4 Å². The number of ether oxygens (including phenoxy) is 3. The van der Waals surface area contributed by atoms with Crippen LogP contribution in [-0.4, -0.2) is 65.9 Å². The topological polar surface area (TPSA) is 121 Å². The summed E-state index contributed by atoms with van der Waals surface area (Å²) in [6.07, 6.45) is -4.88. The van der Waals surface area contributed by atoms with Gasteiger partial charge in [0.1, 0.15) is 29.5 Å². The maximum Gasteiger partial charge on any atom is 0.578 e. The molecule has 0 saturated heterocycles. The molecule has 0 spiro atoms. The van der Waals surface area contributed by atoms with Crippen molar-refractivity contribution in [3.63, 3.8) is 0 Å². The Labute approximate surface area is 218 Å². The quantitative estimate of drug-likeness (QED) is 0.233. The first kappa shape index (κ1) is 31.0. The van der Waals surface area contributed by atoms with Gasteiger partial charge in [0.05, 0.1) is 42.0 Å². The van der Waals surface area contributed by atoms with Gasteiger partial charge in [-0.2, -0.15) is 18.4 Å². The van der Waals surface area contributed by atoms with E-state index in [-0.39, 0.29) is 19.8 Å². The van der Waals surface area contributed by atoms with E-state index in [9.17, 15) is 41.0 Å². The second-order valence-corrected chi connectivity index (χ2v) is 8.98. The Hall–Kier alpha value is -2.26. The summed E-state index contributed by atoms with van der Waals surface area (Å²) < 4.78 is 107. The number of halogens is 8. The van der Waals surface area contributed by atoms with Gasteiger partial charge in [-0.05, 0) is 12.1 Å². The van der Waals surface area contributed by atoms with E-state index in [2.05, 4.69) is 5.10 Å². The minimum atomic E-state index is -5.40. The lowest BCUT2D eigenvalue weighted by Crippen LogP contribution is -2.27. The molecule has 204 valence electrons. The average molecular weight is 597 g/mol. The third-order valence-corrected chi connectivity index (χ3v) is 5.95. The van der Waals surface area contributed by atoms with E-state index >= 15 is 0 Å². The van der Waals surface area contributed by atoms with Crippen LogP contribution in [0.3, 0.4) is 0 Å². The molecule has 18 heteroatoms. The lowest BCUT2D eigenvalue weighted by Gasteiger charge is -2.16. The zero-order valence-corrected chi connectivity index (χ0v) is 20.8. The number of rotatable bonds is 11. The van der Waals surface area contributed by atoms with Crippen molar-refractivity contribution in [1.82, 2.24) is 9.78 Å². The number of nitrogens with zero attached hydrogens (tertiary/aromatic N) is 3. The first-order valence-electron chi connectivity index (χ1n) is 9.75. The lowest BCUT2D eigenvalue weighted by molar-refractivity contribution is -0.137. The number of anilines is 1. The molecule has 2 aromatic rings. The van der Waals surface area contributed by atoms with Crippen molar-refractivity contribution in [2.24, 2.45) is 0 Å². The summed E-state index contributed by atoms with van der Waals surface area (Å²) in [7, 11) is 1.46. The second-order valence-electron chi connectivity index (χ2n) is 6.76. The van der Waals surface area contributed by atoms with Crippen molar-refractivity contribution in [2.75, 3.05) is 45.5 Å². The fourth-order valence-corrected chi connectivity index (χ4v) is 4.12. The Kier molecular flexibility index (Phi) is 10.9. The van der Waals surface area contributed by atoms with Gasteiger partial charge in [-0.1, -0.05) is 23.2 Å². The predicted molar refractivity (Wildman–Crippen MR) is 118 cm³/mol. The largest absolute Gasteiger partial charge is 0.604 e. The van der Waals surface area contributed by atoms with Gasteiger partial charge in [0.2, 0.25) is 10.6 Å². The number of amides is 1. The zero-order chi connectivity index (χ0) is 28.0. The molecule has 1 heterocycles. The number of methoxy groups -OCH3 is 1. The second kappa shape index (κ2) is 13.0. The molecule has 2 rings (SSSR count). The zero-order valence-electron chi connectivity index (χ0n) is 18.5. The van der Waals surface area contributed by atoms with Crippen LogP contribution in [-0.2, 0) is 36.4 Å². The highest BCUT2D eigenvalue weighted by molar-refractivity contribution is 7.92. The summed E-state index contributed by atoms with van der Waals surface area (Å²) in [5.74, 6) is -2.04. The highest BCUT2D eigenvalue weighted by atomic mass is 35.5. The SMILES string of the molecule is COCCOCCOCC(=O)Nc1c([S+]([O-])C(F)(F)F)c(C#N)nn1-c1c(Cl)cc(C(F)(F)F)cc1Cl. The first-order valence-corrected chi connectivity index (χ1v) is 11.7. The van der Waals surface area contributed by atoms with Crippen LogP contribution in [0.2, 0.25) is 10.0 Å². The number of benzene rings is 1. The smallest absolute Gasteiger partial charge is 0.578 e. The molecule has 0 bridgehead atoms. The van der Waals surface area contributed by atoms with Crippen LogP contribution >= 0.6 is 23.2 Å². The molecule has 0 saturated carbocycles. The summed E-state index contributed by atoms with van der Waals surface area (Å²) >= 11 is 7.96. The molecule has 1 atom stereocenters. The Bertz CT molecular complexity index is 1130. The third kappa shape index (κ3) is 8.11. The van der Waals surface area contributed by atoms with Crippen molar-refractivity contribution in [2.45, 2.75) is 16.6 Å². The Morgan fingerprint density at radius 2 is 1.70 bits per heavy atom. The molecule has 9 nitrogen and oxygen atoms in total. The van der Waals surface area contributed by atoms with Gasteiger partial charge < -0.3 is 24.1 Å². The van der Waals surface area contributed by atoms with Gasteiger partial charge in [0, 0.05) is 7.11 Å². The number of nitrogens with one attached hydrogen (secondary N) is 1. The fraction of sp³-hybridized carbons (Fsp3) is 0.421.